The van der Waals surface area contributed by atoms with E-state index in [4.69, 9.17) is 0 Å². The summed E-state index contributed by atoms with van der Waals surface area (Å²) in [5.74, 6) is 0.0811. The molecule has 0 heterocycles. The number of sulfone groups is 1. The number of nitrogens with one attached hydrogen (secondary N) is 1. The molecule has 1 rings (SSSR count). The van der Waals surface area contributed by atoms with Crippen molar-refractivity contribution in [3.8, 4) is 0 Å². The molecule has 0 radical (unpaired) electrons. The lowest BCUT2D eigenvalue weighted by Crippen LogP contribution is -2.33. The molecule has 0 fully saturated rings. The topological polar surface area (TPSA) is 46.2 Å². The van der Waals surface area contributed by atoms with E-state index in [1.807, 2.05) is 20.8 Å². The average Bonchev–Trinajstić information content (AvgIpc) is 2.43. The third-order valence-electron chi connectivity index (χ3n) is 3.53. The van der Waals surface area contributed by atoms with Crippen molar-refractivity contribution in [2.24, 2.45) is 0 Å². The van der Waals surface area contributed by atoms with E-state index < -0.39 is 20.2 Å². The molecule has 0 saturated heterocycles. The minimum absolute atomic E-state index is 0.0811. The van der Waals surface area contributed by atoms with Gasteiger partial charge in [0.05, 0.1) is 4.90 Å². The molecule has 0 bridgehead atoms. The zero-order chi connectivity index (χ0) is 16.3. The lowest BCUT2D eigenvalue weighted by Gasteiger charge is -2.24. The van der Waals surface area contributed by atoms with E-state index in [9.17, 15) is 21.6 Å². The maximum Gasteiger partial charge on any atom is 0.501 e. The molecular formula is C14H20F3NO2S. The van der Waals surface area contributed by atoms with Crippen molar-refractivity contribution >= 4 is 9.84 Å². The Morgan fingerprint density at radius 2 is 1.67 bits per heavy atom. The van der Waals surface area contributed by atoms with Crippen LogP contribution in [-0.4, -0.2) is 26.5 Å². The summed E-state index contributed by atoms with van der Waals surface area (Å²) in [5.41, 5.74) is -4.46. The summed E-state index contributed by atoms with van der Waals surface area (Å²) >= 11 is 0. The zero-order valence-electron chi connectivity index (χ0n) is 12.2. The number of rotatable bonds is 6. The minimum atomic E-state index is -5.27. The molecule has 21 heavy (non-hydrogen) atoms. The Bertz CT molecular complexity index is 553. The van der Waals surface area contributed by atoms with Crippen LogP contribution in [0.1, 0.15) is 38.7 Å². The number of alkyl halides is 3. The van der Waals surface area contributed by atoms with E-state index >= 15 is 0 Å². The molecule has 1 aromatic rings. The van der Waals surface area contributed by atoms with Crippen LogP contribution < -0.4 is 5.32 Å². The Morgan fingerprint density at radius 1 is 1.14 bits per heavy atom. The predicted molar refractivity (Wildman–Crippen MR) is 75.9 cm³/mol. The number of hydrogen-bond acceptors (Lipinski definition) is 3. The van der Waals surface area contributed by atoms with E-state index in [2.05, 4.69) is 5.32 Å². The van der Waals surface area contributed by atoms with Crippen LogP contribution in [0.3, 0.4) is 0 Å². The van der Waals surface area contributed by atoms with Crippen LogP contribution in [0.5, 0.6) is 0 Å². The largest absolute Gasteiger partial charge is 0.501 e. The first-order valence-electron chi connectivity index (χ1n) is 6.79. The van der Waals surface area contributed by atoms with Crippen LogP contribution in [-0.2, 0) is 9.84 Å². The smallest absolute Gasteiger partial charge is 0.314 e. The molecule has 1 N–H and O–H groups in total. The Morgan fingerprint density at radius 3 is 2.05 bits per heavy atom. The molecule has 0 aliphatic carbocycles. The lowest BCUT2D eigenvalue weighted by molar-refractivity contribution is -0.0436. The molecule has 0 saturated carbocycles. The summed E-state index contributed by atoms with van der Waals surface area (Å²) in [6.07, 6.45) is 0.873. The molecule has 2 atom stereocenters. The van der Waals surface area contributed by atoms with Crippen molar-refractivity contribution in [1.29, 1.82) is 0 Å². The number of hydrogen-bond donors (Lipinski definition) is 1. The highest BCUT2D eigenvalue weighted by molar-refractivity contribution is 7.92. The van der Waals surface area contributed by atoms with Crippen molar-refractivity contribution in [3.05, 3.63) is 29.8 Å². The Hall–Kier alpha value is -1.08. The molecule has 0 amide bonds. The van der Waals surface area contributed by atoms with Crippen LogP contribution in [0.15, 0.2) is 29.2 Å². The van der Waals surface area contributed by atoms with Crippen molar-refractivity contribution in [2.75, 3.05) is 6.54 Å². The molecule has 120 valence electrons. The van der Waals surface area contributed by atoms with Crippen molar-refractivity contribution in [2.45, 2.75) is 49.6 Å². The number of halogens is 3. The predicted octanol–water partition coefficient (Wildman–Crippen LogP) is 3.47. The van der Waals surface area contributed by atoms with Crippen LogP contribution >= 0.6 is 0 Å². The fourth-order valence-corrected chi connectivity index (χ4v) is 3.01. The van der Waals surface area contributed by atoms with Crippen LogP contribution in [0, 0.1) is 0 Å². The van der Waals surface area contributed by atoms with Gasteiger partial charge in [-0.15, -0.1) is 0 Å². The van der Waals surface area contributed by atoms with Gasteiger partial charge < -0.3 is 5.32 Å². The normalized spacial score (nSPS) is 15.7. The summed E-state index contributed by atoms with van der Waals surface area (Å²) in [6, 6.07) is 5.13. The SMILES string of the molecule is CCNC(CC)C(C)c1ccc(S(=O)(=O)C(F)(F)F)cc1. The maximum absolute atomic E-state index is 12.5. The van der Waals surface area contributed by atoms with Crippen LogP contribution in [0.4, 0.5) is 13.2 Å². The third kappa shape index (κ3) is 3.97. The number of benzene rings is 1. The van der Waals surface area contributed by atoms with Gasteiger partial charge in [0.2, 0.25) is 0 Å². The highest BCUT2D eigenvalue weighted by Crippen LogP contribution is 2.31. The molecule has 2 unspecified atom stereocenters. The van der Waals surface area contributed by atoms with Crippen molar-refractivity contribution in [3.63, 3.8) is 0 Å². The van der Waals surface area contributed by atoms with E-state index in [1.165, 1.54) is 12.1 Å². The van der Waals surface area contributed by atoms with Gasteiger partial charge in [-0.1, -0.05) is 32.9 Å². The van der Waals surface area contributed by atoms with Crippen LogP contribution in [0.2, 0.25) is 0 Å². The number of likely N-dealkylation sites (N-methyl/N-ethyl adjacent to an activating group) is 1. The van der Waals surface area contributed by atoms with E-state index in [0.717, 1.165) is 30.7 Å². The third-order valence-corrected chi connectivity index (χ3v) is 5.03. The quantitative estimate of drug-likeness (QED) is 0.872. The summed E-state index contributed by atoms with van der Waals surface area (Å²) < 4.78 is 60.0. The molecule has 0 aliphatic heterocycles. The summed E-state index contributed by atoms with van der Waals surface area (Å²) in [4.78, 5) is -0.720. The van der Waals surface area contributed by atoms with Gasteiger partial charge in [0, 0.05) is 6.04 Å². The van der Waals surface area contributed by atoms with Gasteiger partial charge in [-0.25, -0.2) is 8.42 Å². The van der Waals surface area contributed by atoms with Gasteiger partial charge in [-0.2, -0.15) is 13.2 Å². The van der Waals surface area contributed by atoms with Gasteiger partial charge in [0.25, 0.3) is 9.84 Å². The Labute approximate surface area is 123 Å². The lowest BCUT2D eigenvalue weighted by atomic mass is 9.92. The van der Waals surface area contributed by atoms with Gasteiger partial charge in [-0.3, -0.25) is 0 Å². The summed E-state index contributed by atoms with van der Waals surface area (Å²) in [6.45, 7) is 6.76. The molecule has 1 aromatic carbocycles. The van der Waals surface area contributed by atoms with Gasteiger partial charge in [0.1, 0.15) is 0 Å². The molecule has 0 spiro atoms. The highest BCUT2D eigenvalue weighted by atomic mass is 32.2. The molecule has 0 aliphatic rings. The first-order chi connectivity index (χ1) is 9.65. The fourth-order valence-electron chi connectivity index (χ4n) is 2.25. The maximum atomic E-state index is 12.5. The van der Waals surface area contributed by atoms with E-state index in [1.54, 1.807) is 0 Å². The molecule has 3 nitrogen and oxygen atoms in total. The molecule has 7 heteroatoms. The van der Waals surface area contributed by atoms with Crippen molar-refractivity contribution < 1.29 is 21.6 Å². The average molecular weight is 323 g/mol. The minimum Gasteiger partial charge on any atom is -0.314 e. The second kappa shape index (κ2) is 6.79. The summed E-state index contributed by atoms with van der Waals surface area (Å²) in [7, 11) is -5.27. The first kappa shape index (κ1) is 18.0. The monoisotopic (exact) mass is 323 g/mol. The second-order valence-corrected chi connectivity index (χ2v) is 6.82. The molecular weight excluding hydrogens is 303 g/mol. The Kier molecular flexibility index (Phi) is 5.81. The highest BCUT2D eigenvalue weighted by Gasteiger charge is 2.46. The van der Waals surface area contributed by atoms with Gasteiger partial charge >= 0.3 is 5.51 Å². The fraction of sp³-hybridized carbons (Fsp3) is 0.571. The Balaban J connectivity index is 3.03. The van der Waals surface area contributed by atoms with E-state index in [0.29, 0.717) is 0 Å². The molecule has 0 aromatic heterocycles. The summed E-state index contributed by atoms with van der Waals surface area (Å²) in [5, 5.41) is 3.30. The van der Waals surface area contributed by atoms with Gasteiger partial charge in [0.15, 0.2) is 0 Å². The van der Waals surface area contributed by atoms with Gasteiger partial charge in [-0.05, 0) is 36.6 Å². The first-order valence-corrected chi connectivity index (χ1v) is 8.28. The van der Waals surface area contributed by atoms with E-state index in [-0.39, 0.29) is 12.0 Å². The zero-order valence-corrected chi connectivity index (χ0v) is 13.1. The second-order valence-electron chi connectivity index (χ2n) is 4.88. The van der Waals surface area contributed by atoms with Crippen LogP contribution in [0.25, 0.3) is 0 Å². The van der Waals surface area contributed by atoms with Crippen molar-refractivity contribution in [1.82, 2.24) is 5.32 Å². The standard InChI is InChI=1S/C14H20F3NO2S/c1-4-13(18-5-2)10(3)11-6-8-12(9-7-11)21(19,20)14(15,16)17/h6-10,13,18H,4-5H2,1-3H3.